The molecule has 0 spiro atoms. The van der Waals surface area contributed by atoms with Gasteiger partial charge in [0.1, 0.15) is 0 Å². The largest absolute Gasteiger partial charge is 0.303 e. The smallest absolute Gasteiger partial charge is 0.276 e. The molecular formula is C8H7F2NOS. The second-order valence-electron chi connectivity index (χ2n) is 2.40. The Morgan fingerprint density at radius 2 is 2.31 bits per heavy atom. The van der Waals surface area contributed by atoms with E-state index in [4.69, 9.17) is 5.41 Å². The fourth-order valence-corrected chi connectivity index (χ4v) is 1.44. The van der Waals surface area contributed by atoms with E-state index in [0.717, 1.165) is 0 Å². The van der Waals surface area contributed by atoms with Crippen molar-refractivity contribution in [2.24, 2.45) is 0 Å². The minimum absolute atomic E-state index is 0.416. The Bertz CT molecular complexity index is 308. The van der Waals surface area contributed by atoms with E-state index in [0.29, 0.717) is 4.88 Å². The van der Waals surface area contributed by atoms with Crippen LogP contribution in [0, 0.1) is 5.41 Å². The number of halogens is 2. The highest BCUT2D eigenvalue weighted by Gasteiger charge is 2.16. The van der Waals surface area contributed by atoms with Gasteiger partial charge in [-0.05, 0) is 11.4 Å². The number of nitrogens with one attached hydrogen (secondary N) is 1. The van der Waals surface area contributed by atoms with Gasteiger partial charge < -0.3 is 5.41 Å². The predicted molar refractivity (Wildman–Crippen MR) is 47.0 cm³/mol. The van der Waals surface area contributed by atoms with E-state index in [2.05, 4.69) is 0 Å². The molecule has 0 saturated heterocycles. The summed E-state index contributed by atoms with van der Waals surface area (Å²) in [6.07, 6.45) is -3.32. The molecule has 0 saturated carbocycles. The Balaban J connectivity index is 2.57. The minimum Gasteiger partial charge on any atom is -0.303 e. The molecule has 0 unspecified atom stereocenters. The summed E-state index contributed by atoms with van der Waals surface area (Å²) >= 11 is 1.19. The molecule has 0 radical (unpaired) electrons. The van der Waals surface area contributed by atoms with Crippen LogP contribution >= 0.6 is 11.3 Å². The summed E-state index contributed by atoms with van der Waals surface area (Å²) in [6, 6.07) is 3.23. The summed E-state index contributed by atoms with van der Waals surface area (Å²) in [6.45, 7) is 0. The normalized spacial score (nSPS) is 10.4. The van der Waals surface area contributed by atoms with Gasteiger partial charge in [0, 0.05) is 0 Å². The fourth-order valence-electron chi connectivity index (χ4n) is 0.774. The van der Waals surface area contributed by atoms with E-state index >= 15 is 0 Å². The van der Waals surface area contributed by atoms with Gasteiger partial charge in [-0.1, -0.05) is 6.07 Å². The number of Topliss-reactive ketones (excluding diaryl/α,β-unsaturated/α-hetero) is 1. The lowest BCUT2D eigenvalue weighted by molar-refractivity contribution is 0.0998. The first kappa shape index (κ1) is 9.98. The Labute approximate surface area is 77.7 Å². The van der Waals surface area contributed by atoms with Crippen molar-refractivity contribution in [3.8, 4) is 0 Å². The topological polar surface area (TPSA) is 40.9 Å². The average molecular weight is 203 g/mol. The zero-order chi connectivity index (χ0) is 9.84. The molecule has 5 heteroatoms. The van der Waals surface area contributed by atoms with E-state index in [1.165, 1.54) is 11.3 Å². The van der Waals surface area contributed by atoms with Crippen molar-refractivity contribution in [3.63, 3.8) is 0 Å². The number of rotatable bonds is 4. The molecule has 1 aromatic heterocycles. The van der Waals surface area contributed by atoms with Crippen molar-refractivity contribution >= 4 is 22.8 Å². The predicted octanol–water partition coefficient (Wildman–Crippen LogP) is 2.61. The van der Waals surface area contributed by atoms with Crippen molar-refractivity contribution in [3.05, 3.63) is 22.4 Å². The lowest BCUT2D eigenvalue weighted by Crippen LogP contribution is -2.13. The third-order valence-corrected chi connectivity index (χ3v) is 2.32. The van der Waals surface area contributed by atoms with Gasteiger partial charge in [0.05, 0.1) is 17.0 Å². The highest BCUT2D eigenvalue weighted by Crippen LogP contribution is 2.12. The molecule has 0 aliphatic carbocycles. The third-order valence-electron chi connectivity index (χ3n) is 1.41. The zero-order valence-corrected chi connectivity index (χ0v) is 7.41. The van der Waals surface area contributed by atoms with Crippen LogP contribution in [0.3, 0.4) is 0 Å². The quantitative estimate of drug-likeness (QED) is 0.593. The van der Waals surface area contributed by atoms with Crippen molar-refractivity contribution in [1.29, 1.82) is 5.41 Å². The lowest BCUT2D eigenvalue weighted by Gasteiger charge is -1.99. The highest BCUT2D eigenvalue weighted by molar-refractivity contribution is 7.12. The van der Waals surface area contributed by atoms with E-state index in [1.54, 1.807) is 17.5 Å². The Kier molecular flexibility index (Phi) is 3.25. The van der Waals surface area contributed by atoms with E-state index < -0.39 is 24.3 Å². The zero-order valence-electron chi connectivity index (χ0n) is 6.59. The van der Waals surface area contributed by atoms with Gasteiger partial charge in [-0.3, -0.25) is 4.79 Å². The molecule has 0 aromatic carbocycles. The first-order chi connectivity index (χ1) is 6.11. The second-order valence-corrected chi connectivity index (χ2v) is 3.35. The minimum atomic E-state index is -2.83. The summed E-state index contributed by atoms with van der Waals surface area (Å²) in [5.74, 6) is -0.416. The standard InChI is InChI=1S/C8H7F2NOS/c9-8(10)5(11)4-6(12)7-2-1-3-13-7/h1-3,8,11H,4H2. The Hall–Kier alpha value is -1.10. The maximum Gasteiger partial charge on any atom is 0.276 e. The fraction of sp³-hybridized carbons (Fsp3) is 0.250. The van der Waals surface area contributed by atoms with E-state index in [1.807, 2.05) is 0 Å². The number of carbonyl (C=O) groups is 1. The summed E-state index contributed by atoms with van der Waals surface area (Å²) in [7, 11) is 0. The molecule has 1 rings (SSSR count). The third kappa shape index (κ3) is 2.69. The van der Waals surface area contributed by atoms with Gasteiger partial charge in [0.2, 0.25) is 0 Å². The van der Waals surface area contributed by atoms with Gasteiger partial charge in [-0.25, -0.2) is 8.78 Å². The number of ketones is 1. The molecule has 0 aliphatic rings. The van der Waals surface area contributed by atoms with Crippen LogP contribution in [0.25, 0.3) is 0 Å². The number of hydrogen-bond donors (Lipinski definition) is 1. The molecular weight excluding hydrogens is 196 g/mol. The molecule has 1 aromatic rings. The monoisotopic (exact) mass is 203 g/mol. The molecule has 0 amide bonds. The van der Waals surface area contributed by atoms with Gasteiger partial charge >= 0.3 is 0 Å². The van der Waals surface area contributed by atoms with Gasteiger partial charge in [-0.15, -0.1) is 11.3 Å². The highest BCUT2D eigenvalue weighted by atomic mass is 32.1. The summed E-state index contributed by atoms with van der Waals surface area (Å²) in [5, 5.41) is 8.50. The van der Waals surface area contributed by atoms with Gasteiger partial charge in [0.25, 0.3) is 6.43 Å². The maximum atomic E-state index is 11.9. The summed E-state index contributed by atoms with van der Waals surface area (Å²) in [4.78, 5) is 11.6. The van der Waals surface area contributed by atoms with Crippen LogP contribution in [0.15, 0.2) is 17.5 Å². The number of carbonyl (C=O) groups excluding carboxylic acids is 1. The van der Waals surface area contributed by atoms with E-state index in [9.17, 15) is 13.6 Å². The van der Waals surface area contributed by atoms with Crippen LogP contribution < -0.4 is 0 Å². The number of alkyl halides is 2. The molecule has 1 heterocycles. The molecule has 2 nitrogen and oxygen atoms in total. The van der Waals surface area contributed by atoms with Gasteiger partial charge in [-0.2, -0.15) is 0 Å². The Morgan fingerprint density at radius 3 is 2.77 bits per heavy atom. The van der Waals surface area contributed by atoms with Crippen LogP contribution in [-0.2, 0) is 0 Å². The van der Waals surface area contributed by atoms with Crippen LogP contribution in [0.2, 0.25) is 0 Å². The molecule has 0 aliphatic heterocycles. The molecule has 70 valence electrons. The van der Waals surface area contributed by atoms with Crippen molar-refractivity contribution < 1.29 is 13.6 Å². The van der Waals surface area contributed by atoms with Crippen LogP contribution in [-0.4, -0.2) is 17.9 Å². The molecule has 0 bridgehead atoms. The summed E-state index contributed by atoms with van der Waals surface area (Å²) < 4.78 is 23.7. The maximum absolute atomic E-state index is 11.9. The SMILES string of the molecule is N=C(CC(=O)c1cccs1)C(F)F. The van der Waals surface area contributed by atoms with Crippen molar-refractivity contribution in [2.75, 3.05) is 0 Å². The Morgan fingerprint density at radius 1 is 1.62 bits per heavy atom. The van der Waals surface area contributed by atoms with Crippen LogP contribution in [0.5, 0.6) is 0 Å². The molecule has 1 N–H and O–H groups in total. The van der Waals surface area contributed by atoms with Crippen LogP contribution in [0.4, 0.5) is 8.78 Å². The van der Waals surface area contributed by atoms with Crippen molar-refractivity contribution in [2.45, 2.75) is 12.8 Å². The summed E-state index contributed by atoms with van der Waals surface area (Å²) in [5.41, 5.74) is -0.821. The second kappa shape index (κ2) is 4.23. The molecule has 0 fully saturated rings. The van der Waals surface area contributed by atoms with Crippen LogP contribution in [0.1, 0.15) is 16.1 Å². The first-order valence-corrected chi connectivity index (χ1v) is 4.41. The van der Waals surface area contributed by atoms with E-state index in [-0.39, 0.29) is 0 Å². The first-order valence-electron chi connectivity index (χ1n) is 3.53. The van der Waals surface area contributed by atoms with Crippen molar-refractivity contribution in [1.82, 2.24) is 0 Å². The molecule has 0 atom stereocenters. The van der Waals surface area contributed by atoms with Gasteiger partial charge in [0.15, 0.2) is 5.78 Å². The average Bonchev–Trinajstić information content (AvgIpc) is 2.55. The number of hydrogen-bond acceptors (Lipinski definition) is 3. The molecule has 13 heavy (non-hydrogen) atoms. The number of thiophene rings is 1. The lowest BCUT2D eigenvalue weighted by atomic mass is 10.2.